The fourth-order valence-electron chi connectivity index (χ4n) is 2.17. The molecule has 0 amide bonds. The second-order valence-electron chi connectivity index (χ2n) is 5.17. The van der Waals surface area contributed by atoms with Crippen LogP contribution in [0.5, 0.6) is 0 Å². The van der Waals surface area contributed by atoms with Gasteiger partial charge in [-0.2, -0.15) is 0 Å². The number of allylic oxidation sites excluding steroid dienone is 1. The Morgan fingerprint density at radius 2 is 1.91 bits per heavy atom. The van der Waals surface area contributed by atoms with Gasteiger partial charge in [-0.1, -0.05) is 19.1 Å². The van der Waals surface area contributed by atoms with Crippen molar-refractivity contribution in [2.75, 3.05) is 6.61 Å². The van der Waals surface area contributed by atoms with Crippen molar-refractivity contribution in [3.8, 4) is 0 Å². The van der Waals surface area contributed by atoms with E-state index in [2.05, 4.69) is 0 Å². The van der Waals surface area contributed by atoms with Crippen molar-refractivity contribution in [2.24, 2.45) is 0 Å². The van der Waals surface area contributed by atoms with E-state index in [4.69, 9.17) is 19.7 Å². The van der Waals surface area contributed by atoms with Crippen molar-refractivity contribution in [3.05, 3.63) is 12.2 Å². The van der Waals surface area contributed by atoms with Gasteiger partial charge in [-0.05, 0) is 12.8 Å². The zero-order valence-electron chi connectivity index (χ0n) is 12.4. The quantitative estimate of drug-likeness (QED) is 0.359. The van der Waals surface area contributed by atoms with Gasteiger partial charge >= 0.3 is 5.97 Å². The molecule has 1 heterocycles. The van der Waals surface area contributed by atoms with Crippen molar-refractivity contribution in [3.63, 3.8) is 0 Å². The van der Waals surface area contributed by atoms with Crippen LogP contribution in [0, 0.1) is 0 Å². The van der Waals surface area contributed by atoms with E-state index in [9.17, 15) is 20.1 Å². The molecule has 0 aliphatic carbocycles. The second kappa shape index (κ2) is 9.19. The molecule has 1 saturated heterocycles. The van der Waals surface area contributed by atoms with E-state index in [0.717, 1.165) is 6.42 Å². The molecule has 0 radical (unpaired) electrons. The standard InChI is InChI=1S/C14H24O8/c1-2-3-4-5-8(6-10(16)17)21-14-13(20)12(19)11(18)9(7-15)22-14/h3-4,8-9,11-15,18-20H,2,5-7H2,1H3,(H,16,17)/b4-3-/t8-,9-,11-,12+,13-,14-/m1/s1. The lowest BCUT2D eigenvalue weighted by atomic mass is 9.99. The molecule has 5 N–H and O–H groups in total. The SMILES string of the molecule is CC/C=C\C[C@H](CC(=O)O)O[C@@H]1O[C@H](CO)[C@@H](O)[C@H](O)[C@H]1O. The van der Waals surface area contributed by atoms with Gasteiger partial charge in [-0.15, -0.1) is 0 Å². The van der Waals surface area contributed by atoms with Crippen LogP contribution in [0.1, 0.15) is 26.2 Å². The third-order valence-electron chi connectivity index (χ3n) is 3.38. The summed E-state index contributed by atoms with van der Waals surface area (Å²) in [5, 5.41) is 47.2. The molecule has 0 unspecified atom stereocenters. The first-order chi connectivity index (χ1) is 10.4. The first-order valence-electron chi connectivity index (χ1n) is 7.23. The molecule has 1 fully saturated rings. The number of aliphatic hydroxyl groups excluding tert-OH is 4. The largest absolute Gasteiger partial charge is 0.481 e. The van der Waals surface area contributed by atoms with Crippen LogP contribution < -0.4 is 0 Å². The highest BCUT2D eigenvalue weighted by atomic mass is 16.7. The zero-order valence-corrected chi connectivity index (χ0v) is 12.4. The molecule has 1 aliphatic heterocycles. The van der Waals surface area contributed by atoms with Crippen molar-refractivity contribution >= 4 is 5.97 Å². The average Bonchev–Trinajstić information content (AvgIpc) is 2.47. The van der Waals surface area contributed by atoms with E-state index in [-0.39, 0.29) is 6.42 Å². The summed E-state index contributed by atoms with van der Waals surface area (Å²) in [5.74, 6) is -1.07. The lowest BCUT2D eigenvalue weighted by molar-refractivity contribution is -0.311. The highest BCUT2D eigenvalue weighted by Crippen LogP contribution is 2.24. The number of aliphatic hydroxyl groups is 4. The molecule has 0 aromatic rings. The minimum atomic E-state index is -1.55. The zero-order chi connectivity index (χ0) is 16.7. The van der Waals surface area contributed by atoms with Crippen molar-refractivity contribution in [1.82, 2.24) is 0 Å². The Morgan fingerprint density at radius 1 is 1.23 bits per heavy atom. The highest BCUT2D eigenvalue weighted by molar-refractivity contribution is 5.67. The lowest BCUT2D eigenvalue weighted by Gasteiger charge is -2.40. The molecular formula is C14H24O8. The molecule has 0 bridgehead atoms. The minimum Gasteiger partial charge on any atom is -0.481 e. The van der Waals surface area contributed by atoms with E-state index >= 15 is 0 Å². The Labute approximate surface area is 128 Å². The Kier molecular flexibility index (Phi) is 7.94. The molecule has 8 nitrogen and oxygen atoms in total. The molecule has 0 spiro atoms. The third kappa shape index (κ3) is 5.31. The molecule has 0 aromatic heterocycles. The molecule has 0 aromatic carbocycles. The van der Waals surface area contributed by atoms with E-state index in [1.165, 1.54) is 0 Å². The predicted octanol–water partition coefficient (Wildman–Crippen LogP) is -0.997. The van der Waals surface area contributed by atoms with Crippen LogP contribution in [0.2, 0.25) is 0 Å². The summed E-state index contributed by atoms with van der Waals surface area (Å²) in [6, 6.07) is 0. The number of rotatable bonds is 8. The van der Waals surface area contributed by atoms with Gasteiger partial charge in [-0.25, -0.2) is 0 Å². The van der Waals surface area contributed by atoms with Gasteiger partial charge in [0, 0.05) is 0 Å². The summed E-state index contributed by atoms with van der Waals surface area (Å²) < 4.78 is 10.6. The molecule has 0 saturated carbocycles. The molecule has 6 atom stereocenters. The van der Waals surface area contributed by atoms with Gasteiger partial charge in [0.05, 0.1) is 19.1 Å². The predicted molar refractivity (Wildman–Crippen MR) is 74.9 cm³/mol. The van der Waals surface area contributed by atoms with Gasteiger partial charge in [0.1, 0.15) is 24.4 Å². The molecule has 128 valence electrons. The number of carbonyl (C=O) groups is 1. The molecular weight excluding hydrogens is 296 g/mol. The van der Waals surface area contributed by atoms with E-state index in [1.54, 1.807) is 6.08 Å². The summed E-state index contributed by atoms with van der Waals surface area (Å²) in [6.45, 7) is 1.37. The number of carboxylic acid groups (broad SMARTS) is 1. The topological polar surface area (TPSA) is 137 Å². The van der Waals surface area contributed by atoms with Crippen LogP contribution in [-0.2, 0) is 14.3 Å². The average molecular weight is 320 g/mol. The fourth-order valence-corrected chi connectivity index (χ4v) is 2.17. The maximum absolute atomic E-state index is 10.9. The molecule has 1 aliphatic rings. The number of hydrogen-bond donors (Lipinski definition) is 5. The van der Waals surface area contributed by atoms with E-state index in [0.29, 0.717) is 6.42 Å². The first kappa shape index (κ1) is 19.0. The Morgan fingerprint density at radius 3 is 2.45 bits per heavy atom. The van der Waals surface area contributed by atoms with Crippen LogP contribution >= 0.6 is 0 Å². The number of ether oxygens (including phenoxy) is 2. The van der Waals surface area contributed by atoms with Crippen LogP contribution in [0.15, 0.2) is 12.2 Å². The number of carboxylic acids is 1. The lowest BCUT2D eigenvalue weighted by Crippen LogP contribution is -2.59. The van der Waals surface area contributed by atoms with E-state index in [1.807, 2.05) is 13.0 Å². The number of hydrogen-bond acceptors (Lipinski definition) is 7. The highest BCUT2D eigenvalue weighted by Gasteiger charge is 2.44. The monoisotopic (exact) mass is 320 g/mol. The van der Waals surface area contributed by atoms with E-state index < -0.39 is 49.4 Å². The van der Waals surface area contributed by atoms with Gasteiger partial charge in [-0.3, -0.25) is 4.79 Å². The summed E-state index contributed by atoms with van der Waals surface area (Å²) in [6.07, 6.45) is -3.33. The molecule has 22 heavy (non-hydrogen) atoms. The van der Waals surface area contributed by atoms with Crippen LogP contribution in [0.4, 0.5) is 0 Å². The normalized spacial score (nSPS) is 34.0. The minimum absolute atomic E-state index is 0.301. The van der Waals surface area contributed by atoms with Crippen LogP contribution in [0.3, 0.4) is 0 Å². The van der Waals surface area contributed by atoms with Gasteiger partial charge in [0.2, 0.25) is 0 Å². The Bertz CT molecular complexity index is 370. The summed E-state index contributed by atoms with van der Waals surface area (Å²) in [7, 11) is 0. The Balaban J connectivity index is 2.72. The molecule has 8 heteroatoms. The summed E-state index contributed by atoms with van der Waals surface area (Å²) in [4.78, 5) is 10.9. The fraction of sp³-hybridized carbons (Fsp3) is 0.786. The molecule has 1 rings (SSSR count). The van der Waals surface area contributed by atoms with Gasteiger partial charge in [0.25, 0.3) is 0 Å². The van der Waals surface area contributed by atoms with Crippen LogP contribution in [-0.4, -0.2) is 74.9 Å². The van der Waals surface area contributed by atoms with Gasteiger partial charge < -0.3 is 35.0 Å². The maximum atomic E-state index is 10.9. The maximum Gasteiger partial charge on any atom is 0.305 e. The third-order valence-corrected chi connectivity index (χ3v) is 3.38. The van der Waals surface area contributed by atoms with Crippen molar-refractivity contribution < 1.29 is 39.8 Å². The van der Waals surface area contributed by atoms with Crippen molar-refractivity contribution in [1.29, 1.82) is 0 Å². The van der Waals surface area contributed by atoms with Gasteiger partial charge in [0.15, 0.2) is 6.29 Å². The second-order valence-corrected chi connectivity index (χ2v) is 5.17. The smallest absolute Gasteiger partial charge is 0.305 e. The van der Waals surface area contributed by atoms with Crippen molar-refractivity contribution in [2.45, 2.75) is 63.0 Å². The first-order valence-corrected chi connectivity index (χ1v) is 7.23. The summed E-state index contributed by atoms with van der Waals surface area (Å²) in [5.41, 5.74) is 0. The summed E-state index contributed by atoms with van der Waals surface area (Å²) >= 11 is 0. The van der Waals surface area contributed by atoms with Crippen LogP contribution in [0.25, 0.3) is 0 Å². The number of aliphatic carboxylic acids is 1. The Hall–Kier alpha value is -1.03.